The molecule has 2 N–H and O–H groups in total. The van der Waals surface area contributed by atoms with Crippen molar-refractivity contribution in [2.24, 2.45) is 0 Å². The summed E-state index contributed by atoms with van der Waals surface area (Å²) in [7, 11) is 0. The van der Waals surface area contributed by atoms with Crippen LogP contribution in [0, 0.1) is 0 Å². The van der Waals surface area contributed by atoms with Crippen molar-refractivity contribution in [2.45, 2.75) is 24.5 Å². The number of rotatable bonds is 6. The van der Waals surface area contributed by atoms with Gasteiger partial charge in [0.25, 0.3) is 5.91 Å². The molecule has 2 aromatic heterocycles. The van der Waals surface area contributed by atoms with Gasteiger partial charge in [0.05, 0.1) is 5.52 Å². The van der Waals surface area contributed by atoms with E-state index in [1.165, 1.54) is 11.8 Å². The van der Waals surface area contributed by atoms with Gasteiger partial charge in [-0.2, -0.15) is 0 Å². The van der Waals surface area contributed by atoms with Crippen molar-refractivity contribution in [3.8, 4) is 0 Å². The van der Waals surface area contributed by atoms with Gasteiger partial charge in [0.1, 0.15) is 6.04 Å². The Hall–Kier alpha value is -2.28. The lowest BCUT2D eigenvalue weighted by atomic mass is 10.2. The van der Waals surface area contributed by atoms with Crippen molar-refractivity contribution in [3.05, 3.63) is 42.2 Å². The number of hydrogen-bond donors (Lipinski definition) is 2. The molecule has 1 atom stereocenters. The molecule has 0 saturated carbocycles. The number of thioether (sulfide) groups is 1. The number of allylic oxidation sites excluding steroid dienone is 1. The largest absolute Gasteiger partial charge is 0.480 e. The molecule has 0 saturated heterocycles. The number of carbonyl (C=O) groups excluding carboxylic acids is 1. The second-order valence-electron chi connectivity index (χ2n) is 4.57. The molecule has 1 unspecified atom stereocenters. The number of carbonyl (C=O) groups is 2. The highest BCUT2D eigenvalue weighted by Gasteiger charge is 2.23. The zero-order chi connectivity index (χ0) is 16.1. The first kappa shape index (κ1) is 16.1. The number of imidazole rings is 1. The minimum absolute atomic E-state index is 0.233. The predicted molar refractivity (Wildman–Crippen MR) is 85.3 cm³/mol. The summed E-state index contributed by atoms with van der Waals surface area (Å²) in [5.74, 6) is -1.55. The third-order valence-electron chi connectivity index (χ3n) is 3.12. The number of carboxylic acid groups (broad SMARTS) is 1. The summed E-state index contributed by atoms with van der Waals surface area (Å²) in [6.45, 7) is 1.80. The van der Waals surface area contributed by atoms with Crippen LogP contribution in [-0.2, 0) is 4.79 Å². The Kier molecular flexibility index (Phi) is 5.21. The van der Waals surface area contributed by atoms with Crippen LogP contribution < -0.4 is 5.32 Å². The summed E-state index contributed by atoms with van der Waals surface area (Å²) in [4.78, 5) is 27.9. The van der Waals surface area contributed by atoms with Gasteiger partial charge in [-0.15, -0.1) is 0 Å². The van der Waals surface area contributed by atoms with Crippen molar-refractivity contribution < 1.29 is 14.7 Å². The maximum Gasteiger partial charge on any atom is 0.326 e. The molecular weight excluding hydrogens is 302 g/mol. The second-order valence-corrected chi connectivity index (χ2v) is 5.35. The molecule has 6 nitrogen and oxygen atoms in total. The fourth-order valence-corrected chi connectivity index (χ4v) is 2.58. The maximum atomic E-state index is 12.4. The highest BCUT2D eigenvalue weighted by molar-refractivity contribution is 7.98. The fraction of sp³-hybridized carbons (Fsp3) is 0.267. The number of nitrogens with one attached hydrogen (secondary N) is 1. The van der Waals surface area contributed by atoms with E-state index in [9.17, 15) is 14.7 Å². The number of hydrogen-bond acceptors (Lipinski definition) is 4. The quantitative estimate of drug-likeness (QED) is 0.630. The zero-order valence-electron chi connectivity index (χ0n) is 12.3. The van der Waals surface area contributed by atoms with Crippen LogP contribution in [-0.4, -0.2) is 38.7 Å². The van der Waals surface area contributed by atoms with Crippen molar-refractivity contribution in [3.63, 3.8) is 0 Å². The van der Waals surface area contributed by atoms with E-state index in [2.05, 4.69) is 10.3 Å². The summed E-state index contributed by atoms with van der Waals surface area (Å²) in [6, 6.07) is 4.47. The molecule has 22 heavy (non-hydrogen) atoms. The molecule has 1 amide bonds. The van der Waals surface area contributed by atoms with Gasteiger partial charge in [-0.1, -0.05) is 30.0 Å². The summed E-state index contributed by atoms with van der Waals surface area (Å²) in [6.07, 6.45) is 7.38. The molecule has 0 aliphatic carbocycles. The van der Waals surface area contributed by atoms with Gasteiger partial charge < -0.3 is 10.4 Å². The number of aliphatic carboxylic acids is 1. The molecular formula is C15H17N3O3S. The molecule has 0 bridgehead atoms. The maximum absolute atomic E-state index is 12.4. The molecule has 116 valence electrons. The van der Waals surface area contributed by atoms with E-state index < -0.39 is 17.9 Å². The monoisotopic (exact) mass is 319 g/mol. The van der Waals surface area contributed by atoms with Crippen LogP contribution >= 0.6 is 11.8 Å². The van der Waals surface area contributed by atoms with Gasteiger partial charge >= 0.3 is 5.97 Å². The highest BCUT2D eigenvalue weighted by Crippen LogP contribution is 2.20. The minimum atomic E-state index is -1.07. The van der Waals surface area contributed by atoms with Crippen LogP contribution in [0.1, 0.15) is 23.8 Å². The Labute approximate surface area is 132 Å². The van der Waals surface area contributed by atoms with Gasteiger partial charge in [-0.3, -0.25) is 9.20 Å². The van der Waals surface area contributed by atoms with Crippen LogP contribution in [0.25, 0.3) is 5.52 Å². The molecule has 2 rings (SSSR count). The van der Waals surface area contributed by atoms with Gasteiger partial charge in [0.15, 0.2) is 10.9 Å². The Morgan fingerprint density at radius 1 is 1.50 bits per heavy atom. The van der Waals surface area contributed by atoms with E-state index in [1.807, 2.05) is 24.6 Å². The van der Waals surface area contributed by atoms with Gasteiger partial charge in [0, 0.05) is 6.20 Å². The Bertz CT molecular complexity index is 724. The summed E-state index contributed by atoms with van der Waals surface area (Å²) >= 11 is 1.42. The zero-order valence-corrected chi connectivity index (χ0v) is 13.1. The number of aromatic nitrogens is 2. The first-order chi connectivity index (χ1) is 10.6. The van der Waals surface area contributed by atoms with E-state index >= 15 is 0 Å². The van der Waals surface area contributed by atoms with E-state index in [-0.39, 0.29) is 12.1 Å². The highest BCUT2D eigenvalue weighted by atomic mass is 32.2. The molecule has 0 aromatic carbocycles. The van der Waals surface area contributed by atoms with E-state index in [0.29, 0.717) is 10.7 Å². The first-order valence-corrected chi connectivity index (χ1v) is 7.96. The molecule has 0 radical (unpaired) electrons. The number of pyridine rings is 1. The molecule has 2 heterocycles. The third kappa shape index (κ3) is 3.30. The summed E-state index contributed by atoms with van der Waals surface area (Å²) in [5.41, 5.74) is 0.885. The summed E-state index contributed by atoms with van der Waals surface area (Å²) < 4.78 is 1.81. The van der Waals surface area contributed by atoms with Crippen molar-refractivity contribution in [2.75, 3.05) is 6.26 Å². The number of nitrogens with zero attached hydrogens (tertiary/aromatic N) is 2. The lowest BCUT2D eigenvalue weighted by Gasteiger charge is -2.11. The van der Waals surface area contributed by atoms with E-state index in [1.54, 1.807) is 29.5 Å². The SMILES string of the molecule is C/C=C/CC(NC(=O)c1nc(SC)n2ccccc12)C(=O)O. The summed E-state index contributed by atoms with van der Waals surface area (Å²) in [5, 5.41) is 12.4. The lowest BCUT2D eigenvalue weighted by Crippen LogP contribution is -2.40. The average molecular weight is 319 g/mol. The fourth-order valence-electron chi connectivity index (χ4n) is 2.04. The van der Waals surface area contributed by atoms with Crippen LogP contribution in [0.2, 0.25) is 0 Å². The van der Waals surface area contributed by atoms with E-state index in [0.717, 1.165) is 0 Å². The molecule has 0 spiro atoms. The molecule has 0 aliphatic rings. The van der Waals surface area contributed by atoms with Gasteiger partial charge in [-0.05, 0) is 31.7 Å². The predicted octanol–water partition coefficient (Wildman–Crippen LogP) is 2.21. The van der Waals surface area contributed by atoms with Crippen LogP contribution in [0.5, 0.6) is 0 Å². The second kappa shape index (κ2) is 7.13. The molecule has 0 fully saturated rings. The molecule has 7 heteroatoms. The van der Waals surface area contributed by atoms with Crippen molar-refractivity contribution in [1.82, 2.24) is 14.7 Å². The van der Waals surface area contributed by atoms with Crippen LogP contribution in [0.3, 0.4) is 0 Å². The first-order valence-electron chi connectivity index (χ1n) is 6.74. The number of amides is 1. The smallest absolute Gasteiger partial charge is 0.326 e. The molecule has 2 aromatic rings. The Balaban J connectivity index is 2.31. The normalized spacial score (nSPS) is 12.6. The van der Waals surface area contributed by atoms with E-state index in [4.69, 9.17) is 0 Å². The van der Waals surface area contributed by atoms with Crippen molar-refractivity contribution in [1.29, 1.82) is 0 Å². The average Bonchev–Trinajstić information content (AvgIpc) is 2.90. The Morgan fingerprint density at radius 2 is 2.27 bits per heavy atom. The van der Waals surface area contributed by atoms with Crippen molar-refractivity contribution >= 4 is 29.2 Å². The molecule has 0 aliphatic heterocycles. The number of fused-ring (bicyclic) bond motifs is 1. The third-order valence-corrected chi connectivity index (χ3v) is 3.78. The van der Waals surface area contributed by atoms with Crippen LogP contribution in [0.4, 0.5) is 0 Å². The lowest BCUT2D eigenvalue weighted by molar-refractivity contribution is -0.139. The van der Waals surface area contributed by atoms with Gasteiger partial charge in [-0.25, -0.2) is 9.78 Å². The standard InChI is InChI=1S/C15H17N3O3S/c1-3-4-7-10(14(20)21)16-13(19)12-11-8-5-6-9-18(11)15(17-12)22-2/h3-6,8-10H,7H2,1-2H3,(H,16,19)(H,20,21)/b4-3+. The van der Waals surface area contributed by atoms with Crippen LogP contribution in [0.15, 0.2) is 41.7 Å². The number of carboxylic acids is 1. The Morgan fingerprint density at radius 3 is 2.91 bits per heavy atom. The topological polar surface area (TPSA) is 83.7 Å². The van der Waals surface area contributed by atoms with Gasteiger partial charge in [0.2, 0.25) is 0 Å². The minimum Gasteiger partial charge on any atom is -0.480 e.